The lowest BCUT2D eigenvalue weighted by Gasteiger charge is -2.57. The maximum Gasteiger partial charge on any atom is 0.253 e. The van der Waals surface area contributed by atoms with Gasteiger partial charge in [0.25, 0.3) is 11.5 Å². The van der Waals surface area contributed by atoms with Gasteiger partial charge >= 0.3 is 0 Å². The molecule has 49 heavy (non-hydrogen) atoms. The molecule has 0 spiro atoms. The summed E-state index contributed by atoms with van der Waals surface area (Å²) in [6, 6.07) is 10.3. The third kappa shape index (κ3) is 6.31. The molecule has 9 nitrogen and oxygen atoms in total. The average Bonchev–Trinajstić information content (AvgIpc) is 3.51. The van der Waals surface area contributed by atoms with Crippen molar-refractivity contribution < 1.29 is 4.79 Å². The number of fused-ring (bicyclic) bond motifs is 1. The van der Waals surface area contributed by atoms with Crippen molar-refractivity contribution in [2.24, 2.45) is 23.2 Å². The molecule has 4 bridgehead atoms. The summed E-state index contributed by atoms with van der Waals surface area (Å²) in [6.45, 7) is 13.5. The van der Waals surface area contributed by atoms with E-state index in [0.29, 0.717) is 16.5 Å². The summed E-state index contributed by atoms with van der Waals surface area (Å²) in [5, 5.41) is 8.41. The van der Waals surface area contributed by atoms with Crippen LogP contribution in [-0.2, 0) is 6.54 Å². The zero-order chi connectivity index (χ0) is 33.9. The van der Waals surface area contributed by atoms with Crippen LogP contribution in [0.25, 0.3) is 22.0 Å². The second-order valence-electron chi connectivity index (χ2n) is 16.2. The predicted octanol–water partition coefficient (Wildman–Crippen LogP) is 6.64. The fourth-order valence-corrected chi connectivity index (χ4v) is 10.2. The normalized spacial score (nSPS) is 25.1. The Kier molecular flexibility index (Phi) is 8.37. The van der Waals surface area contributed by atoms with Crippen molar-refractivity contribution in [3.8, 4) is 11.1 Å². The van der Waals surface area contributed by atoms with Gasteiger partial charge in [-0.05, 0) is 144 Å². The fraction of sp³-hybridized carbons (Fsp3) is 0.550. The summed E-state index contributed by atoms with van der Waals surface area (Å²) < 4.78 is 1.95. The number of aromatic amines is 1. The molecule has 1 saturated heterocycles. The number of carbonyl (C=O) groups is 1. The number of nitrogens with one attached hydrogen (secondary N) is 2. The van der Waals surface area contributed by atoms with Gasteiger partial charge in [0.2, 0.25) is 0 Å². The number of hydrogen-bond acceptors (Lipinski definition) is 6. The van der Waals surface area contributed by atoms with E-state index in [1.54, 1.807) is 6.20 Å². The van der Waals surface area contributed by atoms with Crippen molar-refractivity contribution in [2.45, 2.75) is 85.2 Å². The minimum Gasteiger partial charge on any atom is -0.354 e. The van der Waals surface area contributed by atoms with Crippen LogP contribution in [0.4, 0.5) is 5.82 Å². The van der Waals surface area contributed by atoms with Crippen molar-refractivity contribution >= 4 is 22.6 Å². The van der Waals surface area contributed by atoms with E-state index in [2.05, 4.69) is 57.2 Å². The van der Waals surface area contributed by atoms with Gasteiger partial charge in [-0.15, -0.1) is 0 Å². The molecule has 4 heterocycles. The van der Waals surface area contributed by atoms with E-state index in [1.807, 2.05) is 36.9 Å². The van der Waals surface area contributed by atoms with Crippen LogP contribution in [0.2, 0.25) is 0 Å². The van der Waals surface area contributed by atoms with E-state index in [1.165, 1.54) is 51.5 Å². The molecular weight excluding hydrogens is 610 g/mol. The summed E-state index contributed by atoms with van der Waals surface area (Å²) in [5.74, 6) is 3.86. The van der Waals surface area contributed by atoms with Crippen LogP contribution in [0, 0.1) is 37.0 Å². The number of piperazine rings is 1. The molecule has 9 rings (SSSR count). The van der Waals surface area contributed by atoms with Crippen LogP contribution in [-0.4, -0.2) is 63.3 Å². The SMILES string of the molecule is Cc1cc(C)c(CNC(=O)c2cc(-c3ccc(N4CCN(CCC56CC7CC(CC(C7)C5)C6)CC4)nc3)cc3c2cnn3C(C)C)c(=O)[nH]1. The van der Waals surface area contributed by atoms with Crippen LogP contribution >= 0.6 is 0 Å². The monoisotopic (exact) mass is 661 g/mol. The first-order valence-electron chi connectivity index (χ1n) is 18.6. The highest BCUT2D eigenvalue weighted by molar-refractivity contribution is 6.08. The number of carbonyl (C=O) groups excluding carboxylic acids is 1. The van der Waals surface area contributed by atoms with E-state index in [9.17, 15) is 9.59 Å². The number of rotatable bonds is 9. The minimum absolute atomic E-state index is 0.129. The van der Waals surface area contributed by atoms with Gasteiger partial charge in [-0.1, -0.05) is 0 Å². The van der Waals surface area contributed by atoms with Gasteiger partial charge in [-0.3, -0.25) is 19.2 Å². The number of aromatic nitrogens is 4. The van der Waals surface area contributed by atoms with Crippen molar-refractivity contribution in [3.05, 3.63) is 75.5 Å². The number of anilines is 1. The Labute approximate surface area is 289 Å². The molecule has 2 N–H and O–H groups in total. The van der Waals surface area contributed by atoms with E-state index in [-0.39, 0.29) is 24.1 Å². The highest BCUT2D eigenvalue weighted by Crippen LogP contribution is 2.61. The third-order valence-electron chi connectivity index (χ3n) is 12.3. The maximum atomic E-state index is 13.7. The molecule has 258 valence electrons. The van der Waals surface area contributed by atoms with E-state index >= 15 is 0 Å². The minimum atomic E-state index is -0.236. The molecule has 5 fully saturated rings. The number of aryl methyl sites for hydroxylation is 2. The summed E-state index contributed by atoms with van der Waals surface area (Å²) in [6.07, 6.45) is 14.2. The van der Waals surface area contributed by atoms with Crippen LogP contribution in [0.1, 0.15) is 92.0 Å². The Morgan fingerprint density at radius 3 is 2.31 bits per heavy atom. The lowest BCUT2D eigenvalue weighted by atomic mass is 9.49. The molecular formula is C40H51N7O2. The van der Waals surface area contributed by atoms with Gasteiger partial charge in [-0.2, -0.15) is 5.10 Å². The molecule has 0 radical (unpaired) electrons. The number of H-pyrrole nitrogens is 1. The van der Waals surface area contributed by atoms with Crippen molar-refractivity contribution in [3.63, 3.8) is 0 Å². The topological polar surface area (TPSA) is 99.2 Å². The van der Waals surface area contributed by atoms with E-state index in [0.717, 1.165) is 83.0 Å². The van der Waals surface area contributed by atoms with Gasteiger partial charge in [0.05, 0.1) is 17.3 Å². The third-order valence-corrected chi connectivity index (χ3v) is 12.3. The Hall–Kier alpha value is -3.98. The van der Waals surface area contributed by atoms with Crippen LogP contribution in [0.3, 0.4) is 0 Å². The lowest BCUT2D eigenvalue weighted by Crippen LogP contribution is -2.50. The van der Waals surface area contributed by atoms with E-state index < -0.39 is 0 Å². The maximum absolute atomic E-state index is 13.7. The standard InChI is InChI=1S/C40H51N7O2/c1-25(2)47-36-18-32(17-33(35(36)24-43-47)38(48)42-23-34-26(3)13-27(4)44-39(34)49)31-5-6-37(41-22-31)46-11-9-45(10-12-46)8-7-40-19-28-14-29(20-40)16-30(15-28)21-40/h5-6,13,17-18,22,24-25,28-30H,7-12,14-16,19-21,23H2,1-4H3,(H,42,48)(H,44,49). The van der Waals surface area contributed by atoms with Crippen molar-refractivity contribution in [2.75, 3.05) is 37.6 Å². The second-order valence-corrected chi connectivity index (χ2v) is 16.2. The van der Waals surface area contributed by atoms with Gasteiger partial charge in [0, 0.05) is 67.2 Å². The van der Waals surface area contributed by atoms with Crippen LogP contribution in [0.5, 0.6) is 0 Å². The first-order valence-corrected chi connectivity index (χ1v) is 18.6. The molecule has 0 unspecified atom stereocenters. The summed E-state index contributed by atoms with van der Waals surface area (Å²) in [7, 11) is 0. The van der Waals surface area contributed by atoms with Gasteiger partial charge in [0.1, 0.15) is 5.82 Å². The molecule has 9 heteroatoms. The number of benzene rings is 1. The van der Waals surface area contributed by atoms with Crippen molar-refractivity contribution in [1.29, 1.82) is 0 Å². The highest BCUT2D eigenvalue weighted by Gasteiger charge is 2.50. The number of nitrogens with zero attached hydrogens (tertiary/aromatic N) is 5. The quantitative estimate of drug-likeness (QED) is 0.209. The summed E-state index contributed by atoms with van der Waals surface area (Å²) in [4.78, 5) is 39.2. The van der Waals surface area contributed by atoms with Crippen molar-refractivity contribution in [1.82, 2.24) is 30.0 Å². The average molecular weight is 662 g/mol. The van der Waals surface area contributed by atoms with Gasteiger partial charge in [-0.25, -0.2) is 4.98 Å². The van der Waals surface area contributed by atoms with Gasteiger partial charge < -0.3 is 15.2 Å². The van der Waals surface area contributed by atoms with Crippen LogP contribution < -0.4 is 15.8 Å². The fourth-order valence-electron chi connectivity index (χ4n) is 10.2. The zero-order valence-electron chi connectivity index (χ0n) is 29.6. The lowest BCUT2D eigenvalue weighted by molar-refractivity contribution is -0.0611. The number of hydrogen-bond donors (Lipinski definition) is 2. The number of amides is 1. The summed E-state index contributed by atoms with van der Waals surface area (Å²) >= 11 is 0. The van der Waals surface area contributed by atoms with Gasteiger partial charge in [0.15, 0.2) is 0 Å². The molecule has 1 amide bonds. The predicted molar refractivity (Wildman–Crippen MR) is 195 cm³/mol. The smallest absolute Gasteiger partial charge is 0.253 e. The molecule has 0 atom stereocenters. The first-order chi connectivity index (χ1) is 23.6. The second kappa shape index (κ2) is 12.7. The Bertz CT molecular complexity index is 1880. The molecule has 3 aromatic heterocycles. The molecule has 1 aliphatic heterocycles. The molecule has 1 aromatic carbocycles. The number of pyridine rings is 2. The Morgan fingerprint density at radius 1 is 0.959 bits per heavy atom. The van der Waals surface area contributed by atoms with E-state index in [4.69, 9.17) is 4.98 Å². The molecule has 4 aliphatic carbocycles. The zero-order valence-corrected chi connectivity index (χ0v) is 29.6. The highest BCUT2D eigenvalue weighted by atomic mass is 16.1. The first kappa shape index (κ1) is 32.2. The molecule has 4 saturated carbocycles. The molecule has 5 aliphatic rings. The summed E-state index contributed by atoms with van der Waals surface area (Å²) in [5.41, 5.74) is 6.01. The van der Waals surface area contributed by atoms with Crippen LogP contribution in [0.15, 0.2) is 47.5 Å². The molecule has 4 aromatic rings. The Morgan fingerprint density at radius 2 is 1.67 bits per heavy atom. The Balaban J connectivity index is 0.951. The largest absolute Gasteiger partial charge is 0.354 e.